The molecule has 0 N–H and O–H groups in total. The van der Waals surface area contributed by atoms with Crippen molar-refractivity contribution in [1.29, 1.82) is 0 Å². The topological polar surface area (TPSA) is 110 Å². The van der Waals surface area contributed by atoms with Crippen LogP contribution < -0.4 is 0 Å². The van der Waals surface area contributed by atoms with Crippen molar-refractivity contribution in [3.8, 4) is 56.2 Å². The Kier molecular flexibility index (Phi) is 7.28. The molecular formula is C40H24N6O2. The average Bonchev–Trinajstić information content (AvgIpc) is 3.17. The van der Waals surface area contributed by atoms with E-state index in [9.17, 15) is 9.81 Å². The smallest absolute Gasteiger partial charge is 0.108 e. The Morgan fingerprint density at radius 1 is 0.312 bits per heavy atom. The second-order valence-electron chi connectivity index (χ2n) is 11.3. The molecule has 0 aliphatic heterocycles. The molecule has 0 saturated heterocycles. The van der Waals surface area contributed by atoms with E-state index in [0.29, 0.717) is 33.8 Å². The molecule has 8 aromatic rings. The standard InChI is InChI=1S/C40H24N6O2/c47-45-31-15-7-13-29(21-31)39-37(25-9-3-1-4-10-25)41-33-19-17-27(23-35(33)43-39)28-18-20-34-36(24-28)44-40(30-14-8-16-32(22-30)46-48)38(42-34)26-11-5-2-6-12-26/h1-24H. The van der Waals surface area contributed by atoms with Crippen LogP contribution >= 0.6 is 0 Å². The SMILES string of the molecule is O=Nc1cccc(-c2nc3cc(-c4ccc5nc(-c6ccccc6)c(-c6cccc(N=O)c6)nc5c4)ccc3nc2-c2ccccc2)c1. The fraction of sp³-hybridized carbons (Fsp3) is 0. The van der Waals surface area contributed by atoms with Crippen molar-refractivity contribution in [3.05, 3.63) is 155 Å². The zero-order chi connectivity index (χ0) is 32.5. The molecule has 0 aliphatic carbocycles. The van der Waals surface area contributed by atoms with Gasteiger partial charge in [-0.2, -0.15) is 0 Å². The van der Waals surface area contributed by atoms with Crippen molar-refractivity contribution >= 4 is 33.4 Å². The van der Waals surface area contributed by atoms with Gasteiger partial charge in [0.25, 0.3) is 0 Å². The first-order valence-corrected chi connectivity index (χ1v) is 15.3. The Bertz CT molecular complexity index is 2330. The molecule has 0 unspecified atom stereocenters. The highest BCUT2D eigenvalue weighted by Crippen LogP contribution is 2.36. The number of aromatic nitrogens is 4. The lowest BCUT2D eigenvalue weighted by molar-refractivity contribution is 1.29. The summed E-state index contributed by atoms with van der Waals surface area (Å²) in [4.78, 5) is 43.0. The largest absolute Gasteiger partial charge is 0.244 e. The van der Waals surface area contributed by atoms with E-state index in [-0.39, 0.29) is 0 Å². The third-order valence-electron chi connectivity index (χ3n) is 8.21. The van der Waals surface area contributed by atoms with Crippen LogP contribution in [-0.2, 0) is 0 Å². The summed E-state index contributed by atoms with van der Waals surface area (Å²) >= 11 is 0. The number of benzene rings is 6. The highest BCUT2D eigenvalue weighted by atomic mass is 16.3. The second kappa shape index (κ2) is 12.2. The van der Waals surface area contributed by atoms with Crippen LogP contribution in [0.4, 0.5) is 11.4 Å². The van der Waals surface area contributed by atoms with Crippen molar-refractivity contribution in [2.75, 3.05) is 0 Å². The summed E-state index contributed by atoms with van der Waals surface area (Å²) < 4.78 is 0. The van der Waals surface area contributed by atoms with Crippen LogP contribution in [-0.4, -0.2) is 19.9 Å². The van der Waals surface area contributed by atoms with Crippen molar-refractivity contribution < 1.29 is 0 Å². The van der Waals surface area contributed by atoms with Crippen molar-refractivity contribution in [3.63, 3.8) is 0 Å². The van der Waals surface area contributed by atoms with Crippen molar-refractivity contribution in [2.24, 2.45) is 10.4 Å². The van der Waals surface area contributed by atoms with Gasteiger partial charge in [-0.3, -0.25) is 0 Å². The maximum Gasteiger partial charge on any atom is 0.108 e. The van der Waals surface area contributed by atoms with Gasteiger partial charge in [0.15, 0.2) is 0 Å². The minimum Gasteiger partial charge on any atom is -0.244 e. The van der Waals surface area contributed by atoms with E-state index in [1.54, 1.807) is 36.4 Å². The van der Waals surface area contributed by atoms with Gasteiger partial charge in [-0.05, 0) is 70.0 Å². The van der Waals surface area contributed by atoms with Crippen molar-refractivity contribution in [2.45, 2.75) is 0 Å². The molecule has 0 aliphatic rings. The molecule has 8 nitrogen and oxygen atoms in total. The predicted octanol–water partition coefficient (Wildman–Crippen LogP) is 10.7. The number of nitrogens with zero attached hydrogens (tertiary/aromatic N) is 6. The van der Waals surface area contributed by atoms with Gasteiger partial charge < -0.3 is 0 Å². The van der Waals surface area contributed by atoms with Crippen molar-refractivity contribution in [1.82, 2.24) is 19.9 Å². The molecule has 0 saturated carbocycles. The van der Waals surface area contributed by atoms with E-state index in [2.05, 4.69) is 10.4 Å². The van der Waals surface area contributed by atoms with Gasteiger partial charge in [-0.1, -0.05) is 97.1 Å². The molecule has 6 aromatic carbocycles. The highest BCUT2D eigenvalue weighted by Gasteiger charge is 2.17. The summed E-state index contributed by atoms with van der Waals surface area (Å²) in [5, 5.41) is 6.26. The van der Waals surface area contributed by atoms with Crippen LogP contribution in [0.3, 0.4) is 0 Å². The number of fused-ring (bicyclic) bond motifs is 2. The Morgan fingerprint density at radius 3 is 1.10 bits per heavy atom. The normalized spacial score (nSPS) is 11.1. The van der Waals surface area contributed by atoms with Crippen LogP contribution in [0.5, 0.6) is 0 Å². The van der Waals surface area contributed by atoms with Crippen LogP contribution in [0.15, 0.2) is 156 Å². The van der Waals surface area contributed by atoms with E-state index in [1.807, 2.05) is 109 Å². The Labute approximate surface area is 274 Å². The summed E-state index contributed by atoms with van der Waals surface area (Å²) in [5.74, 6) is 0. The Morgan fingerprint density at radius 2 is 0.688 bits per heavy atom. The third-order valence-corrected chi connectivity index (χ3v) is 8.21. The quantitative estimate of drug-likeness (QED) is 0.164. The first-order chi connectivity index (χ1) is 23.7. The van der Waals surface area contributed by atoms with E-state index in [1.165, 1.54) is 0 Å². The average molecular weight is 621 g/mol. The first kappa shape index (κ1) is 28.7. The zero-order valence-corrected chi connectivity index (χ0v) is 25.4. The van der Waals surface area contributed by atoms with Crippen LogP contribution in [0.2, 0.25) is 0 Å². The zero-order valence-electron chi connectivity index (χ0n) is 25.4. The maximum absolute atomic E-state index is 11.4. The molecule has 2 aromatic heterocycles. The third kappa shape index (κ3) is 5.37. The second-order valence-corrected chi connectivity index (χ2v) is 11.3. The molecule has 0 radical (unpaired) electrons. The molecule has 0 spiro atoms. The molecule has 0 amide bonds. The minimum atomic E-state index is 0.323. The molecule has 8 heteroatoms. The Balaban J connectivity index is 1.28. The maximum atomic E-state index is 11.4. The molecule has 8 rings (SSSR count). The first-order valence-electron chi connectivity index (χ1n) is 15.3. The molecule has 226 valence electrons. The predicted molar refractivity (Wildman–Crippen MR) is 191 cm³/mol. The van der Waals surface area contributed by atoms with E-state index >= 15 is 0 Å². The number of hydrogen-bond acceptors (Lipinski definition) is 8. The lowest BCUT2D eigenvalue weighted by atomic mass is 10.0. The highest BCUT2D eigenvalue weighted by molar-refractivity contribution is 5.92. The van der Waals surface area contributed by atoms with Gasteiger partial charge in [0.1, 0.15) is 11.4 Å². The molecule has 0 atom stereocenters. The lowest BCUT2D eigenvalue weighted by Gasteiger charge is -2.13. The molecule has 0 fully saturated rings. The van der Waals surface area contributed by atoms with Crippen LogP contribution in [0.25, 0.3) is 78.2 Å². The van der Waals surface area contributed by atoms with Gasteiger partial charge in [-0.25, -0.2) is 19.9 Å². The number of rotatable bonds is 7. The minimum absolute atomic E-state index is 0.323. The van der Waals surface area contributed by atoms with E-state index < -0.39 is 0 Å². The number of hydrogen-bond donors (Lipinski definition) is 0. The Hall–Kier alpha value is -6.80. The van der Waals surface area contributed by atoms with Crippen LogP contribution in [0.1, 0.15) is 0 Å². The van der Waals surface area contributed by atoms with Gasteiger partial charge in [-0.15, -0.1) is 9.81 Å². The van der Waals surface area contributed by atoms with Crippen LogP contribution in [0, 0.1) is 9.81 Å². The van der Waals surface area contributed by atoms with E-state index in [4.69, 9.17) is 19.9 Å². The molecular weight excluding hydrogens is 596 g/mol. The van der Waals surface area contributed by atoms with Gasteiger partial charge in [0.2, 0.25) is 0 Å². The summed E-state index contributed by atoms with van der Waals surface area (Å²) in [6, 6.07) is 45.9. The summed E-state index contributed by atoms with van der Waals surface area (Å²) in [7, 11) is 0. The molecule has 0 bridgehead atoms. The fourth-order valence-electron chi connectivity index (χ4n) is 5.88. The van der Waals surface area contributed by atoms with Gasteiger partial charge >= 0.3 is 0 Å². The van der Waals surface area contributed by atoms with Gasteiger partial charge in [0.05, 0.1) is 44.8 Å². The monoisotopic (exact) mass is 620 g/mol. The summed E-state index contributed by atoms with van der Waals surface area (Å²) in [6.07, 6.45) is 0. The molecule has 2 heterocycles. The van der Waals surface area contributed by atoms with Gasteiger partial charge in [0, 0.05) is 22.3 Å². The molecule has 48 heavy (non-hydrogen) atoms. The fourth-order valence-corrected chi connectivity index (χ4v) is 5.88. The summed E-state index contributed by atoms with van der Waals surface area (Å²) in [6.45, 7) is 0. The lowest BCUT2D eigenvalue weighted by Crippen LogP contribution is -1.97. The number of nitroso groups, excluding NO2 is 2. The van der Waals surface area contributed by atoms with E-state index in [0.717, 1.165) is 55.8 Å². The summed E-state index contributed by atoms with van der Waals surface area (Å²) in [5.41, 5.74) is 11.5.